The number of nitrogens with zero attached hydrogens (tertiary/aromatic N) is 2. The van der Waals surface area contributed by atoms with Crippen molar-refractivity contribution in [1.82, 2.24) is 15.2 Å². The van der Waals surface area contributed by atoms with Gasteiger partial charge in [-0.1, -0.05) is 41.4 Å². The van der Waals surface area contributed by atoms with Crippen LogP contribution >= 0.6 is 23.2 Å². The Balaban J connectivity index is 2.04. The highest BCUT2D eigenvalue weighted by Gasteiger charge is 2.25. The molecule has 1 aromatic heterocycles. The van der Waals surface area contributed by atoms with Crippen molar-refractivity contribution in [3.63, 3.8) is 0 Å². The van der Waals surface area contributed by atoms with Gasteiger partial charge >= 0.3 is 0 Å². The van der Waals surface area contributed by atoms with Gasteiger partial charge in [-0.2, -0.15) is 0 Å². The van der Waals surface area contributed by atoms with E-state index in [1.165, 1.54) is 0 Å². The van der Waals surface area contributed by atoms with E-state index in [4.69, 9.17) is 23.2 Å². The maximum absolute atomic E-state index is 6.50. The number of rotatable bonds is 3. The van der Waals surface area contributed by atoms with Crippen LogP contribution in [0, 0.1) is 0 Å². The quantitative estimate of drug-likeness (QED) is 0.925. The minimum absolute atomic E-state index is 0.0831. The van der Waals surface area contributed by atoms with Gasteiger partial charge in [0.15, 0.2) is 0 Å². The smallest absolute Gasteiger partial charge is 0.0643 e. The molecule has 1 aliphatic rings. The van der Waals surface area contributed by atoms with Crippen LogP contribution in [0.3, 0.4) is 0 Å². The molecule has 0 spiro atoms. The Morgan fingerprint density at radius 2 is 2.00 bits per heavy atom. The summed E-state index contributed by atoms with van der Waals surface area (Å²) < 4.78 is 0. The van der Waals surface area contributed by atoms with Crippen LogP contribution in [0.5, 0.6) is 0 Å². The summed E-state index contributed by atoms with van der Waals surface area (Å²) >= 11 is 12.7. The summed E-state index contributed by atoms with van der Waals surface area (Å²) in [6, 6.07) is 10.0. The number of hydrogen-bond donors (Lipinski definition) is 1. The van der Waals surface area contributed by atoms with Gasteiger partial charge in [0.25, 0.3) is 0 Å². The van der Waals surface area contributed by atoms with Gasteiger partial charge in [0.1, 0.15) is 0 Å². The molecule has 2 aromatic rings. The summed E-state index contributed by atoms with van der Waals surface area (Å²) in [5.41, 5.74) is 2.19. The highest BCUT2D eigenvalue weighted by Crippen LogP contribution is 2.36. The fraction of sp³-hybridized carbons (Fsp3) is 0.353. The van der Waals surface area contributed by atoms with Gasteiger partial charge in [0, 0.05) is 32.0 Å². The van der Waals surface area contributed by atoms with Gasteiger partial charge in [-0.05, 0) is 36.2 Å². The second kappa shape index (κ2) is 7.42. The van der Waals surface area contributed by atoms with Crippen LogP contribution in [0.2, 0.25) is 10.0 Å². The van der Waals surface area contributed by atoms with Crippen molar-refractivity contribution in [3.8, 4) is 0 Å². The molecular weight excluding hydrogens is 317 g/mol. The molecule has 1 aliphatic heterocycles. The molecule has 0 saturated carbocycles. The lowest BCUT2D eigenvalue weighted by Gasteiger charge is -2.31. The maximum atomic E-state index is 6.50. The third-order valence-electron chi connectivity index (χ3n) is 4.02. The predicted molar refractivity (Wildman–Crippen MR) is 91.6 cm³/mol. The average molecular weight is 336 g/mol. The van der Waals surface area contributed by atoms with Gasteiger partial charge in [-0.15, -0.1) is 0 Å². The zero-order valence-corrected chi connectivity index (χ0v) is 13.8. The summed E-state index contributed by atoms with van der Waals surface area (Å²) in [7, 11) is 0. The second-order valence-electron chi connectivity index (χ2n) is 5.47. The summed E-state index contributed by atoms with van der Waals surface area (Å²) in [4.78, 5) is 6.74. The highest BCUT2D eigenvalue weighted by atomic mass is 35.5. The predicted octanol–water partition coefficient (Wildman–Crippen LogP) is 3.77. The molecule has 1 aromatic carbocycles. The molecule has 116 valence electrons. The molecule has 0 aliphatic carbocycles. The van der Waals surface area contributed by atoms with E-state index >= 15 is 0 Å². The minimum Gasteiger partial charge on any atom is -0.315 e. The van der Waals surface area contributed by atoms with E-state index in [0.717, 1.165) is 43.7 Å². The molecule has 3 nitrogen and oxygen atoms in total. The number of pyridine rings is 1. The van der Waals surface area contributed by atoms with Gasteiger partial charge in [-0.25, -0.2) is 0 Å². The maximum Gasteiger partial charge on any atom is 0.0643 e. The molecule has 1 N–H and O–H groups in total. The fourth-order valence-electron chi connectivity index (χ4n) is 2.98. The molecule has 1 atom stereocenters. The number of benzene rings is 1. The fourth-order valence-corrected chi connectivity index (χ4v) is 3.39. The summed E-state index contributed by atoms with van der Waals surface area (Å²) in [6.07, 6.45) is 4.83. The van der Waals surface area contributed by atoms with Crippen molar-refractivity contribution < 1.29 is 0 Å². The van der Waals surface area contributed by atoms with Crippen LogP contribution < -0.4 is 5.32 Å². The van der Waals surface area contributed by atoms with Crippen molar-refractivity contribution in [2.45, 2.75) is 12.5 Å². The first-order chi connectivity index (χ1) is 10.8. The van der Waals surface area contributed by atoms with Crippen LogP contribution in [0.4, 0.5) is 0 Å². The largest absolute Gasteiger partial charge is 0.315 e. The van der Waals surface area contributed by atoms with Crippen molar-refractivity contribution in [3.05, 3.63) is 63.9 Å². The molecule has 3 rings (SSSR count). The SMILES string of the molecule is Clc1cccc(C(c2cccnc2)N2CCCNCC2)c1Cl. The molecule has 0 radical (unpaired) electrons. The number of hydrogen-bond acceptors (Lipinski definition) is 3. The zero-order valence-electron chi connectivity index (χ0n) is 12.3. The van der Waals surface area contributed by atoms with E-state index in [1.807, 2.05) is 24.4 Å². The molecule has 5 heteroatoms. The molecular formula is C17H19Cl2N3. The average Bonchev–Trinajstić information content (AvgIpc) is 2.82. The Bertz CT molecular complexity index is 611. The van der Waals surface area contributed by atoms with Crippen molar-refractivity contribution in [2.75, 3.05) is 26.2 Å². The van der Waals surface area contributed by atoms with E-state index in [1.54, 1.807) is 6.20 Å². The van der Waals surface area contributed by atoms with E-state index in [-0.39, 0.29) is 6.04 Å². The number of nitrogens with one attached hydrogen (secondary N) is 1. The molecule has 1 unspecified atom stereocenters. The molecule has 1 fully saturated rings. The topological polar surface area (TPSA) is 28.2 Å². The van der Waals surface area contributed by atoms with E-state index in [2.05, 4.69) is 27.3 Å². The number of halogens is 2. The Morgan fingerprint density at radius 1 is 1.09 bits per heavy atom. The molecule has 1 saturated heterocycles. The normalized spacial score (nSPS) is 17.9. The van der Waals surface area contributed by atoms with Gasteiger partial charge in [0.2, 0.25) is 0 Å². The van der Waals surface area contributed by atoms with E-state index in [0.29, 0.717) is 10.0 Å². The Labute approximate surface area is 141 Å². The standard InChI is InChI=1S/C17H19Cl2N3/c18-15-6-1-5-14(16(15)19)17(13-4-2-7-21-12-13)22-10-3-8-20-9-11-22/h1-2,4-7,12,17,20H,3,8-11H2. The van der Waals surface area contributed by atoms with Crippen LogP contribution in [0.25, 0.3) is 0 Å². The van der Waals surface area contributed by atoms with Crippen LogP contribution in [0.1, 0.15) is 23.6 Å². The third-order valence-corrected chi connectivity index (χ3v) is 4.85. The molecule has 22 heavy (non-hydrogen) atoms. The Morgan fingerprint density at radius 3 is 2.82 bits per heavy atom. The van der Waals surface area contributed by atoms with Crippen LogP contribution in [-0.2, 0) is 0 Å². The Hall–Kier alpha value is -1.13. The third kappa shape index (κ3) is 3.44. The molecule has 2 heterocycles. The van der Waals surface area contributed by atoms with Gasteiger partial charge < -0.3 is 5.32 Å². The molecule has 0 amide bonds. The van der Waals surface area contributed by atoms with Crippen molar-refractivity contribution >= 4 is 23.2 Å². The first kappa shape index (κ1) is 15.8. The number of aromatic nitrogens is 1. The van der Waals surface area contributed by atoms with Crippen LogP contribution in [0.15, 0.2) is 42.7 Å². The molecule has 0 bridgehead atoms. The second-order valence-corrected chi connectivity index (χ2v) is 6.26. The van der Waals surface area contributed by atoms with Gasteiger partial charge in [0.05, 0.1) is 16.1 Å². The first-order valence-corrected chi connectivity index (χ1v) is 8.31. The van der Waals surface area contributed by atoms with E-state index < -0.39 is 0 Å². The lowest BCUT2D eigenvalue weighted by Crippen LogP contribution is -2.33. The zero-order chi connectivity index (χ0) is 15.4. The van der Waals surface area contributed by atoms with Crippen LogP contribution in [-0.4, -0.2) is 36.1 Å². The Kier molecular flexibility index (Phi) is 5.32. The van der Waals surface area contributed by atoms with Crippen molar-refractivity contribution in [1.29, 1.82) is 0 Å². The van der Waals surface area contributed by atoms with Gasteiger partial charge in [-0.3, -0.25) is 9.88 Å². The monoisotopic (exact) mass is 335 g/mol. The lowest BCUT2D eigenvalue weighted by atomic mass is 9.98. The van der Waals surface area contributed by atoms with E-state index in [9.17, 15) is 0 Å². The van der Waals surface area contributed by atoms with Crippen molar-refractivity contribution in [2.24, 2.45) is 0 Å². The summed E-state index contributed by atoms with van der Waals surface area (Å²) in [6.45, 7) is 4.03. The summed E-state index contributed by atoms with van der Waals surface area (Å²) in [5.74, 6) is 0. The minimum atomic E-state index is 0.0831. The summed E-state index contributed by atoms with van der Waals surface area (Å²) in [5, 5.41) is 4.68. The highest BCUT2D eigenvalue weighted by molar-refractivity contribution is 6.42. The first-order valence-electron chi connectivity index (χ1n) is 7.56. The lowest BCUT2D eigenvalue weighted by molar-refractivity contribution is 0.241.